The van der Waals surface area contributed by atoms with Crippen LogP contribution >= 0.6 is 0 Å². The van der Waals surface area contributed by atoms with Gasteiger partial charge in [-0.3, -0.25) is 4.79 Å². The molecule has 0 bridgehead atoms. The van der Waals surface area contributed by atoms with E-state index in [1.807, 2.05) is 30.3 Å². The summed E-state index contributed by atoms with van der Waals surface area (Å²) < 4.78 is 6.38. The summed E-state index contributed by atoms with van der Waals surface area (Å²) in [4.78, 5) is 11.4. The lowest BCUT2D eigenvalue weighted by atomic mass is 10.3. The van der Waals surface area contributed by atoms with Crippen LogP contribution in [0.1, 0.15) is 12.7 Å². The van der Waals surface area contributed by atoms with Gasteiger partial charge >= 0.3 is 5.97 Å². The van der Waals surface area contributed by atoms with E-state index in [9.17, 15) is 4.79 Å². The van der Waals surface area contributed by atoms with Crippen LogP contribution in [-0.4, -0.2) is 32.8 Å². The summed E-state index contributed by atoms with van der Waals surface area (Å²) in [5, 5.41) is 11.2. The molecule has 0 saturated heterocycles. The smallest absolute Gasteiger partial charge is 0.313 e. The molecule has 1 heterocycles. The number of para-hydroxylation sites is 1. The average Bonchev–Trinajstić information content (AvgIpc) is 2.78. The summed E-state index contributed by atoms with van der Waals surface area (Å²) in [7, 11) is 0. The van der Waals surface area contributed by atoms with Crippen molar-refractivity contribution in [1.82, 2.24) is 20.2 Å². The van der Waals surface area contributed by atoms with Crippen LogP contribution < -0.4 is 0 Å². The molecule has 0 spiro atoms. The van der Waals surface area contributed by atoms with Gasteiger partial charge in [0, 0.05) is 0 Å². The molecular weight excluding hydrogens is 220 g/mol. The molecule has 0 saturated carbocycles. The fraction of sp³-hybridized carbons (Fsp3) is 0.273. The highest BCUT2D eigenvalue weighted by Crippen LogP contribution is 2.07. The summed E-state index contributed by atoms with van der Waals surface area (Å²) in [5.41, 5.74) is 0.816. The SMILES string of the molecule is CCOC(=O)Cc1nnnn1-c1ccccc1. The molecule has 0 aliphatic heterocycles. The van der Waals surface area contributed by atoms with Crippen molar-refractivity contribution in [2.24, 2.45) is 0 Å². The molecule has 6 heteroatoms. The van der Waals surface area contributed by atoms with Crippen molar-refractivity contribution in [1.29, 1.82) is 0 Å². The Labute approximate surface area is 98.2 Å². The Bertz CT molecular complexity index is 495. The van der Waals surface area contributed by atoms with Crippen molar-refractivity contribution < 1.29 is 9.53 Å². The molecular formula is C11H12N4O2. The molecule has 0 aliphatic rings. The number of hydrogen-bond donors (Lipinski definition) is 0. The standard InChI is InChI=1S/C11H12N4O2/c1-2-17-11(16)8-10-12-13-14-15(10)9-6-4-3-5-7-9/h3-7H,2,8H2,1H3. The molecule has 2 rings (SSSR count). The zero-order valence-electron chi connectivity index (χ0n) is 9.41. The highest BCUT2D eigenvalue weighted by Gasteiger charge is 2.12. The van der Waals surface area contributed by atoms with Gasteiger partial charge < -0.3 is 4.74 Å². The van der Waals surface area contributed by atoms with Crippen LogP contribution in [0, 0.1) is 0 Å². The van der Waals surface area contributed by atoms with E-state index in [1.165, 1.54) is 4.68 Å². The number of esters is 1. The maximum absolute atomic E-state index is 11.4. The molecule has 1 aromatic heterocycles. The van der Waals surface area contributed by atoms with Crippen molar-refractivity contribution in [3.8, 4) is 5.69 Å². The van der Waals surface area contributed by atoms with E-state index in [4.69, 9.17) is 4.74 Å². The van der Waals surface area contributed by atoms with Crippen LogP contribution in [-0.2, 0) is 16.0 Å². The number of tetrazole rings is 1. The van der Waals surface area contributed by atoms with E-state index in [2.05, 4.69) is 15.5 Å². The minimum absolute atomic E-state index is 0.0652. The Morgan fingerprint density at radius 3 is 2.82 bits per heavy atom. The summed E-state index contributed by atoms with van der Waals surface area (Å²) in [5.74, 6) is 0.133. The number of ether oxygens (including phenoxy) is 1. The first-order valence-corrected chi connectivity index (χ1v) is 5.29. The minimum Gasteiger partial charge on any atom is -0.466 e. The molecule has 6 nitrogen and oxygen atoms in total. The maximum atomic E-state index is 11.4. The number of hydrogen-bond acceptors (Lipinski definition) is 5. The van der Waals surface area contributed by atoms with Crippen LogP contribution in [0.2, 0.25) is 0 Å². The van der Waals surface area contributed by atoms with Gasteiger partial charge in [0.05, 0.1) is 12.3 Å². The zero-order chi connectivity index (χ0) is 12.1. The third kappa shape index (κ3) is 2.66. The van der Waals surface area contributed by atoms with E-state index in [0.717, 1.165) is 5.69 Å². The van der Waals surface area contributed by atoms with Crippen LogP contribution in [0.3, 0.4) is 0 Å². The summed E-state index contributed by atoms with van der Waals surface area (Å²) in [6.07, 6.45) is 0.0652. The molecule has 0 unspecified atom stereocenters. The lowest BCUT2D eigenvalue weighted by Gasteiger charge is -2.03. The largest absolute Gasteiger partial charge is 0.466 e. The van der Waals surface area contributed by atoms with Crippen LogP contribution in [0.5, 0.6) is 0 Å². The highest BCUT2D eigenvalue weighted by atomic mass is 16.5. The maximum Gasteiger partial charge on any atom is 0.313 e. The predicted octanol–water partition coefficient (Wildman–Crippen LogP) is 0.768. The monoisotopic (exact) mass is 232 g/mol. The fourth-order valence-corrected chi connectivity index (χ4v) is 1.43. The fourth-order valence-electron chi connectivity index (χ4n) is 1.43. The first-order chi connectivity index (χ1) is 8.31. The van der Waals surface area contributed by atoms with Crippen LogP contribution in [0.4, 0.5) is 0 Å². The number of nitrogens with zero attached hydrogens (tertiary/aromatic N) is 4. The second-order valence-electron chi connectivity index (χ2n) is 3.32. The second-order valence-corrected chi connectivity index (χ2v) is 3.32. The predicted molar refractivity (Wildman–Crippen MR) is 59.5 cm³/mol. The van der Waals surface area contributed by atoms with Gasteiger partial charge in [-0.15, -0.1) is 5.10 Å². The Morgan fingerprint density at radius 2 is 2.12 bits per heavy atom. The zero-order valence-corrected chi connectivity index (χ0v) is 9.41. The van der Waals surface area contributed by atoms with Crippen molar-refractivity contribution in [2.75, 3.05) is 6.61 Å². The van der Waals surface area contributed by atoms with E-state index >= 15 is 0 Å². The highest BCUT2D eigenvalue weighted by molar-refractivity contribution is 5.71. The van der Waals surface area contributed by atoms with Crippen molar-refractivity contribution >= 4 is 5.97 Å². The third-order valence-corrected chi connectivity index (χ3v) is 2.14. The first kappa shape index (κ1) is 11.3. The number of carbonyl (C=O) groups is 1. The molecule has 17 heavy (non-hydrogen) atoms. The van der Waals surface area contributed by atoms with Gasteiger partial charge in [-0.05, 0) is 29.5 Å². The molecule has 0 fully saturated rings. The Hall–Kier alpha value is -2.24. The Kier molecular flexibility index (Phi) is 3.44. The van der Waals surface area contributed by atoms with E-state index in [1.54, 1.807) is 6.92 Å². The van der Waals surface area contributed by atoms with Crippen LogP contribution in [0.25, 0.3) is 5.69 Å². The summed E-state index contributed by atoms with van der Waals surface area (Å²) in [6, 6.07) is 9.39. The van der Waals surface area contributed by atoms with Gasteiger partial charge in [-0.2, -0.15) is 4.68 Å². The molecule has 2 aromatic rings. The molecule has 0 atom stereocenters. The molecule has 0 aliphatic carbocycles. The Balaban J connectivity index is 2.20. The van der Waals surface area contributed by atoms with E-state index in [0.29, 0.717) is 12.4 Å². The summed E-state index contributed by atoms with van der Waals surface area (Å²) >= 11 is 0. The Morgan fingerprint density at radius 1 is 1.35 bits per heavy atom. The van der Waals surface area contributed by atoms with Crippen molar-refractivity contribution in [3.05, 3.63) is 36.2 Å². The minimum atomic E-state index is -0.334. The third-order valence-electron chi connectivity index (χ3n) is 2.14. The molecule has 0 radical (unpaired) electrons. The lowest BCUT2D eigenvalue weighted by molar-refractivity contribution is -0.142. The molecule has 88 valence electrons. The van der Waals surface area contributed by atoms with Crippen LogP contribution in [0.15, 0.2) is 30.3 Å². The topological polar surface area (TPSA) is 69.9 Å². The number of benzene rings is 1. The van der Waals surface area contributed by atoms with Crippen molar-refractivity contribution in [2.45, 2.75) is 13.3 Å². The molecule has 0 N–H and O–H groups in total. The van der Waals surface area contributed by atoms with Gasteiger partial charge in [0.1, 0.15) is 6.42 Å². The van der Waals surface area contributed by atoms with E-state index < -0.39 is 0 Å². The lowest BCUT2D eigenvalue weighted by Crippen LogP contribution is -2.12. The van der Waals surface area contributed by atoms with Gasteiger partial charge in [-0.1, -0.05) is 18.2 Å². The second kappa shape index (κ2) is 5.20. The number of rotatable bonds is 4. The van der Waals surface area contributed by atoms with Gasteiger partial charge in [-0.25, -0.2) is 0 Å². The normalized spacial score (nSPS) is 10.2. The van der Waals surface area contributed by atoms with Gasteiger partial charge in [0.2, 0.25) is 0 Å². The molecule has 1 aromatic carbocycles. The number of aromatic nitrogens is 4. The van der Waals surface area contributed by atoms with Gasteiger partial charge in [0.25, 0.3) is 0 Å². The quantitative estimate of drug-likeness (QED) is 0.728. The van der Waals surface area contributed by atoms with Gasteiger partial charge in [0.15, 0.2) is 5.82 Å². The summed E-state index contributed by atoms with van der Waals surface area (Å²) in [6.45, 7) is 2.11. The van der Waals surface area contributed by atoms with Crippen molar-refractivity contribution in [3.63, 3.8) is 0 Å². The number of carbonyl (C=O) groups excluding carboxylic acids is 1. The first-order valence-electron chi connectivity index (χ1n) is 5.29. The van der Waals surface area contributed by atoms with E-state index in [-0.39, 0.29) is 12.4 Å². The average molecular weight is 232 g/mol. The molecule has 0 amide bonds.